The fraction of sp³-hybridized carbons (Fsp3) is 0.519. The third-order valence-electron chi connectivity index (χ3n) is 6.68. The normalized spacial score (nSPS) is 21.0. The van der Waals surface area contributed by atoms with Crippen LogP contribution < -0.4 is 10.6 Å². The Balaban J connectivity index is 0.000000219. The molecule has 2 fully saturated rings. The molecule has 2 aromatic rings. The van der Waals surface area contributed by atoms with E-state index in [1.165, 1.54) is 19.6 Å². The Morgan fingerprint density at radius 3 is 2.08 bits per heavy atom. The van der Waals surface area contributed by atoms with Gasteiger partial charge in [0.15, 0.2) is 0 Å². The zero-order chi connectivity index (χ0) is 28.6. The van der Waals surface area contributed by atoms with Crippen molar-refractivity contribution in [3.05, 3.63) is 70.8 Å². The number of piperidine rings is 1. The molecule has 0 spiro atoms. The van der Waals surface area contributed by atoms with Crippen molar-refractivity contribution in [1.82, 2.24) is 15.5 Å². The third-order valence-corrected chi connectivity index (χ3v) is 6.68. The number of methoxy groups -OCH3 is 1. The number of nitrogens with one attached hydrogen (secondary N) is 2. The zero-order valence-corrected chi connectivity index (χ0v) is 21.7. The Kier molecular flexibility index (Phi) is 10.6. The predicted octanol–water partition coefficient (Wildman–Crippen LogP) is 5.95. The van der Waals surface area contributed by atoms with E-state index in [0.29, 0.717) is 44.5 Å². The van der Waals surface area contributed by atoms with Gasteiger partial charge in [-0.2, -0.15) is 26.3 Å². The highest BCUT2D eigenvalue weighted by Gasteiger charge is 2.37. The first kappa shape index (κ1) is 30.7. The number of hydrogen-bond donors (Lipinski definition) is 2. The van der Waals surface area contributed by atoms with E-state index in [1.54, 1.807) is 0 Å². The second-order valence-electron chi connectivity index (χ2n) is 9.41. The molecule has 2 saturated heterocycles. The van der Waals surface area contributed by atoms with E-state index in [2.05, 4.69) is 34.9 Å². The molecule has 2 aliphatic rings. The van der Waals surface area contributed by atoms with E-state index in [9.17, 15) is 31.1 Å². The summed E-state index contributed by atoms with van der Waals surface area (Å²) < 4.78 is 85.0. The summed E-state index contributed by atoms with van der Waals surface area (Å²) in [6, 6.07) is 12.6. The van der Waals surface area contributed by atoms with Crippen LogP contribution in [0.1, 0.15) is 54.2 Å². The lowest BCUT2D eigenvalue weighted by Gasteiger charge is -2.33. The third kappa shape index (κ3) is 9.11. The topological polar surface area (TPSA) is 62.8 Å². The standard InChI is InChI=1S/C16H23N3O2.C11H10F6O/c20-16(19-8-10-21-11-9-19)18-14-6-7-15(17-12-14)13-4-2-1-3-5-13;1-6(18-2)7-3-8(10(12,13)14)5-9(4-7)11(15,16)17/h1-5,14-15,17H,6-12H2,(H,18,20);3-6H,1-2H3/t;6-/m.1/s1. The van der Waals surface area contributed by atoms with Crippen LogP contribution in [0.15, 0.2) is 48.5 Å². The van der Waals surface area contributed by atoms with E-state index >= 15 is 0 Å². The summed E-state index contributed by atoms with van der Waals surface area (Å²) in [4.78, 5) is 14.0. The summed E-state index contributed by atoms with van der Waals surface area (Å²) in [5.74, 6) is 0. The van der Waals surface area contributed by atoms with Crippen molar-refractivity contribution in [3.8, 4) is 0 Å². The van der Waals surface area contributed by atoms with Crippen molar-refractivity contribution in [3.63, 3.8) is 0 Å². The molecule has 0 radical (unpaired) electrons. The fourth-order valence-electron chi connectivity index (χ4n) is 4.33. The summed E-state index contributed by atoms with van der Waals surface area (Å²) in [5, 5.41) is 6.67. The molecule has 4 rings (SSSR count). The average molecular weight is 562 g/mol. The Labute approximate surface area is 223 Å². The highest BCUT2D eigenvalue weighted by molar-refractivity contribution is 5.74. The van der Waals surface area contributed by atoms with Crippen LogP contribution in [0.2, 0.25) is 0 Å². The summed E-state index contributed by atoms with van der Waals surface area (Å²) in [6.07, 6.45) is -8.44. The van der Waals surface area contributed by atoms with Gasteiger partial charge in [-0.15, -0.1) is 0 Å². The maximum Gasteiger partial charge on any atom is 0.416 e. The molecule has 2 amide bonds. The molecule has 0 saturated carbocycles. The highest BCUT2D eigenvalue weighted by atomic mass is 19.4. The van der Waals surface area contributed by atoms with Gasteiger partial charge < -0.3 is 25.0 Å². The molecule has 6 nitrogen and oxygen atoms in total. The quantitative estimate of drug-likeness (QED) is 0.453. The van der Waals surface area contributed by atoms with Crippen molar-refractivity contribution in [2.75, 3.05) is 40.0 Å². The van der Waals surface area contributed by atoms with Gasteiger partial charge in [0, 0.05) is 38.8 Å². The molecule has 3 atom stereocenters. The van der Waals surface area contributed by atoms with Crippen molar-refractivity contribution < 1.29 is 40.6 Å². The molecule has 2 N–H and O–H groups in total. The summed E-state index contributed by atoms with van der Waals surface area (Å²) in [5.41, 5.74) is -1.51. The number of halogens is 6. The molecule has 216 valence electrons. The first-order valence-electron chi connectivity index (χ1n) is 12.6. The van der Waals surface area contributed by atoms with Crippen LogP contribution in [-0.4, -0.2) is 56.9 Å². The Bertz CT molecular complexity index is 1020. The number of carbonyl (C=O) groups excluding carboxylic acids is 1. The second kappa shape index (κ2) is 13.5. The van der Waals surface area contributed by atoms with Crippen molar-refractivity contribution in [2.24, 2.45) is 0 Å². The van der Waals surface area contributed by atoms with Gasteiger partial charge in [0.25, 0.3) is 0 Å². The zero-order valence-electron chi connectivity index (χ0n) is 21.7. The van der Waals surface area contributed by atoms with Crippen LogP contribution in [0, 0.1) is 0 Å². The second-order valence-corrected chi connectivity index (χ2v) is 9.41. The molecular weight excluding hydrogens is 528 g/mol. The number of carbonyl (C=O) groups is 1. The molecule has 0 aliphatic carbocycles. The molecular formula is C27H33F6N3O3. The maximum atomic E-state index is 12.5. The van der Waals surface area contributed by atoms with Crippen LogP contribution in [0.5, 0.6) is 0 Å². The van der Waals surface area contributed by atoms with Crippen molar-refractivity contribution in [1.29, 1.82) is 0 Å². The Morgan fingerprint density at radius 1 is 1.00 bits per heavy atom. The molecule has 0 bridgehead atoms. The van der Waals surface area contributed by atoms with Gasteiger partial charge in [-0.05, 0) is 49.1 Å². The van der Waals surface area contributed by atoms with Crippen molar-refractivity contribution >= 4 is 6.03 Å². The molecule has 12 heteroatoms. The van der Waals surface area contributed by atoms with E-state index in [-0.39, 0.29) is 23.7 Å². The molecule has 0 aromatic heterocycles. The number of rotatable bonds is 4. The molecule has 2 heterocycles. The van der Waals surface area contributed by atoms with Gasteiger partial charge in [-0.25, -0.2) is 4.79 Å². The largest absolute Gasteiger partial charge is 0.416 e. The highest BCUT2D eigenvalue weighted by Crippen LogP contribution is 2.37. The summed E-state index contributed by atoms with van der Waals surface area (Å²) in [7, 11) is 1.21. The first-order valence-corrected chi connectivity index (χ1v) is 12.6. The lowest BCUT2D eigenvalue weighted by molar-refractivity contribution is -0.143. The fourth-order valence-corrected chi connectivity index (χ4v) is 4.33. The number of hydrogen-bond acceptors (Lipinski definition) is 4. The van der Waals surface area contributed by atoms with E-state index in [4.69, 9.17) is 9.47 Å². The van der Waals surface area contributed by atoms with Gasteiger partial charge >= 0.3 is 18.4 Å². The molecule has 2 unspecified atom stereocenters. The number of nitrogens with zero attached hydrogens (tertiary/aromatic N) is 1. The van der Waals surface area contributed by atoms with Crippen molar-refractivity contribution in [2.45, 2.75) is 50.3 Å². The van der Waals surface area contributed by atoms with Gasteiger partial charge in [0.05, 0.1) is 30.4 Å². The van der Waals surface area contributed by atoms with Gasteiger partial charge in [0.2, 0.25) is 0 Å². The van der Waals surface area contributed by atoms with Crippen LogP contribution >= 0.6 is 0 Å². The van der Waals surface area contributed by atoms with E-state index < -0.39 is 29.6 Å². The number of amides is 2. The smallest absolute Gasteiger partial charge is 0.378 e. The van der Waals surface area contributed by atoms with Crippen LogP contribution in [-0.2, 0) is 21.8 Å². The minimum Gasteiger partial charge on any atom is -0.378 e. The number of alkyl halides is 6. The number of urea groups is 1. The SMILES string of the molecule is CO[C@H](C)c1cc(C(F)(F)F)cc(C(F)(F)F)c1.O=C(NC1CCC(c2ccccc2)NC1)N1CCOCC1. The molecule has 2 aliphatic heterocycles. The van der Waals surface area contributed by atoms with Crippen LogP contribution in [0.4, 0.5) is 31.1 Å². The Hall–Kier alpha value is -2.83. The summed E-state index contributed by atoms with van der Waals surface area (Å²) in [6.45, 7) is 4.88. The summed E-state index contributed by atoms with van der Waals surface area (Å²) >= 11 is 0. The minimum absolute atomic E-state index is 0.0447. The lowest BCUT2D eigenvalue weighted by Crippen LogP contribution is -2.53. The van der Waals surface area contributed by atoms with Gasteiger partial charge in [-0.3, -0.25) is 0 Å². The van der Waals surface area contributed by atoms with E-state index in [0.717, 1.165) is 19.4 Å². The van der Waals surface area contributed by atoms with Gasteiger partial charge in [-0.1, -0.05) is 30.3 Å². The predicted molar refractivity (Wildman–Crippen MR) is 133 cm³/mol. The number of benzene rings is 2. The van der Waals surface area contributed by atoms with Gasteiger partial charge in [0.1, 0.15) is 0 Å². The van der Waals surface area contributed by atoms with Crippen LogP contribution in [0.25, 0.3) is 0 Å². The number of ether oxygens (including phenoxy) is 2. The van der Waals surface area contributed by atoms with Crippen LogP contribution in [0.3, 0.4) is 0 Å². The minimum atomic E-state index is -4.83. The lowest BCUT2D eigenvalue weighted by atomic mass is 9.95. The average Bonchev–Trinajstić information content (AvgIpc) is 2.93. The monoisotopic (exact) mass is 561 g/mol. The molecule has 2 aromatic carbocycles. The first-order chi connectivity index (χ1) is 18.4. The Morgan fingerprint density at radius 2 is 1.59 bits per heavy atom. The number of morpholine rings is 1. The molecule has 39 heavy (non-hydrogen) atoms. The van der Waals surface area contributed by atoms with E-state index in [1.807, 2.05) is 11.0 Å². The maximum absolute atomic E-state index is 12.5.